The molecule has 0 bridgehead atoms. The number of ether oxygens (including phenoxy) is 2. The highest BCUT2D eigenvalue weighted by molar-refractivity contribution is 5.36. The van der Waals surface area contributed by atoms with Crippen LogP contribution in [0, 0.1) is 6.92 Å². The fourth-order valence-corrected chi connectivity index (χ4v) is 1.66. The normalized spacial score (nSPS) is 10.2. The number of pyridine rings is 1. The second-order valence-electron chi connectivity index (χ2n) is 3.94. The van der Waals surface area contributed by atoms with Crippen LogP contribution in [-0.2, 0) is 6.54 Å². The molecule has 0 aliphatic heterocycles. The van der Waals surface area contributed by atoms with Crippen molar-refractivity contribution in [3.8, 4) is 17.4 Å². The van der Waals surface area contributed by atoms with Crippen LogP contribution in [0.25, 0.3) is 0 Å². The number of nitrogens with two attached hydrogens (primary N) is 1. The van der Waals surface area contributed by atoms with Crippen molar-refractivity contribution in [3.05, 3.63) is 47.7 Å². The van der Waals surface area contributed by atoms with Crippen LogP contribution in [-0.4, -0.2) is 12.1 Å². The summed E-state index contributed by atoms with van der Waals surface area (Å²) in [5.74, 6) is 1.98. The van der Waals surface area contributed by atoms with Gasteiger partial charge in [-0.15, -0.1) is 0 Å². The summed E-state index contributed by atoms with van der Waals surface area (Å²) in [7, 11) is 1.62. The summed E-state index contributed by atoms with van der Waals surface area (Å²) >= 11 is 0. The highest BCUT2D eigenvalue weighted by Crippen LogP contribution is 2.24. The average Bonchev–Trinajstić information content (AvgIpc) is 2.38. The molecule has 2 aromatic rings. The lowest BCUT2D eigenvalue weighted by Crippen LogP contribution is -1.99. The molecule has 18 heavy (non-hydrogen) atoms. The molecule has 0 atom stereocenters. The highest BCUT2D eigenvalue weighted by Gasteiger charge is 2.03. The standard InChI is InChI=1S/C14H16N2O2/c1-10-6-11(9-15)7-14(16-10)18-13-5-3-4-12(8-13)17-2/h3-8H,9,15H2,1-2H3. The van der Waals surface area contributed by atoms with Gasteiger partial charge in [0.1, 0.15) is 11.5 Å². The fraction of sp³-hybridized carbons (Fsp3) is 0.214. The van der Waals surface area contributed by atoms with Gasteiger partial charge in [-0.25, -0.2) is 4.98 Å². The van der Waals surface area contributed by atoms with E-state index < -0.39 is 0 Å². The van der Waals surface area contributed by atoms with Gasteiger partial charge in [0.05, 0.1) is 7.11 Å². The Morgan fingerprint density at radius 2 is 1.94 bits per heavy atom. The third-order valence-corrected chi connectivity index (χ3v) is 2.49. The van der Waals surface area contributed by atoms with E-state index in [1.807, 2.05) is 43.3 Å². The minimum atomic E-state index is 0.470. The fourth-order valence-electron chi connectivity index (χ4n) is 1.66. The van der Waals surface area contributed by atoms with Gasteiger partial charge < -0.3 is 15.2 Å². The first kappa shape index (κ1) is 12.4. The zero-order valence-electron chi connectivity index (χ0n) is 10.5. The second kappa shape index (κ2) is 5.51. The van der Waals surface area contributed by atoms with Crippen molar-refractivity contribution >= 4 is 0 Å². The lowest BCUT2D eigenvalue weighted by atomic mass is 10.2. The molecule has 0 radical (unpaired) electrons. The molecule has 1 aromatic carbocycles. The van der Waals surface area contributed by atoms with E-state index in [1.54, 1.807) is 7.11 Å². The SMILES string of the molecule is COc1cccc(Oc2cc(CN)cc(C)n2)c1. The maximum Gasteiger partial charge on any atom is 0.219 e. The first-order chi connectivity index (χ1) is 8.71. The van der Waals surface area contributed by atoms with Gasteiger partial charge in [0.15, 0.2) is 0 Å². The molecule has 0 saturated heterocycles. The average molecular weight is 244 g/mol. The number of benzene rings is 1. The van der Waals surface area contributed by atoms with Gasteiger partial charge in [0.25, 0.3) is 0 Å². The summed E-state index contributed by atoms with van der Waals surface area (Å²) in [6.07, 6.45) is 0. The van der Waals surface area contributed by atoms with Crippen molar-refractivity contribution in [3.63, 3.8) is 0 Å². The van der Waals surface area contributed by atoms with Crippen molar-refractivity contribution in [2.24, 2.45) is 5.73 Å². The third kappa shape index (κ3) is 2.99. The molecule has 2 rings (SSSR count). The first-order valence-corrected chi connectivity index (χ1v) is 5.71. The maximum absolute atomic E-state index is 5.70. The number of hydrogen-bond donors (Lipinski definition) is 1. The molecule has 0 aliphatic rings. The van der Waals surface area contributed by atoms with E-state index in [9.17, 15) is 0 Å². The Morgan fingerprint density at radius 1 is 1.17 bits per heavy atom. The van der Waals surface area contributed by atoms with Crippen LogP contribution in [0.5, 0.6) is 17.4 Å². The quantitative estimate of drug-likeness (QED) is 0.898. The van der Waals surface area contributed by atoms with E-state index in [4.69, 9.17) is 15.2 Å². The summed E-state index contributed by atoms with van der Waals surface area (Å²) in [6, 6.07) is 11.2. The van der Waals surface area contributed by atoms with Gasteiger partial charge in [-0.05, 0) is 30.7 Å². The second-order valence-corrected chi connectivity index (χ2v) is 3.94. The van der Waals surface area contributed by atoms with Gasteiger partial charge in [0, 0.05) is 24.4 Å². The van der Waals surface area contributed by atoms with Gasteiger partial charge >= 0.3 is 0 Å². The molecular formula is C14H16N2O2. The van der Waals surface area contributed by atoms with Crippen molar-refractivity contribution in [2.75, 3.05) is 7.11 Å². The van der Waals surface area contributed by atoms with Gasteiger partial charge in [-0.2, -0.15) is 0 Å². The van der Waals surface area contributed by atoms with Crippen LogP contribution in [0.1, 0.15) is 11.3 Å². The van der Waals surface area contributed by atoms with Crippen molar-refractivity contribution in [1.29, 1.82) is 0 Å². The first-order valence-electron chi connectivity index (χ1n) is 5.71. The Labute approximate surface area is 106 Å². The topological polar surface area (TPSA) is 57.4 Å². The highest BCUT2D eigenvalue weighted by atomic mass is 16.5. The molecule has 2 N–H and O–H groups in total. The van der Waals surface area contributed by atoms with E-state index in [0.29, 0.717) is 18.2 Å². The van der Waals surface area contributed by atoms with E-state index in [2.05, 4.69) is 4.98 Å². The number of hydrogen-bond acceptors (Lipinski definition) is 4. The summed E-state index contributed by atoms with van der Waals surface area (Å²) < 4.78 is 10.8. The van der Waals surface area contributed by atoms with E-state index >= 15 is 0 Å². The summed E-state index contributed by atoms with van der Waals surface area (Å²) in [5.41, 5.74) is 7.51. The lowest BCUT2D eigenvalue weighted by molar-refractivity contribution is 0.407. The lowest BCUT2D eigenvalue weighted by Gasteiger charge is -2.08. The summed E-state index contributed by atoms with van der Waals surface area (Å²) in [4.78, 5) is 4.31. The molecule has 0 fully saturated rings. The summed E-state index contributed by atoms with van der Waals surface area (Å²) in [5, 5.41) is 0. The summed E-state index contributed by atoms with van der Waals surface area (Å²) in [6.45, 7) is 2.38. The molecule has 4 nitrogen and oxygen atoms in total. The Morgan fingerprint density at radius 3 is 2.67 bits per heavy atom. The minimum Gasteiger partial charge on any atom is -0.497 e. The van der Waals surface area contributed by atoms with Crippen molar-refractivity contribution in [2.45, 2.75) is 13.5 Å². The van der Waals surface area contributed by atoms with Gasteiger partial charge in [0.2, 0.25) is 5.88 Å². The molecule has 0 amide bonds. The Balaban J connectivity index is 2.24. The van der Waals surface area contributed by atoms with Crippen LogP contribution in [0.3, 0.4) is 0 Å². The molecule has 1 aromatic heterocycles. The smallest absolute Gasteiger partial charge is 0.219 e. The van der Waals surface area contributed by atoms with Crippen LogP contribution < -0.4 is 15.2 Å². The van der Waals surface area contributed by atoms with E-state index in [-0.39, 0.29) is 0 Å². The zero-order valence-corrected chi connectivity index (χ0v) is 10.5. The zero-order chi connectivity index (χ0) is 13.0. The van der Waals surface area contributed by atoms with Gasteiger partial charge in [-0.1, -0.05) is 6.07 Å². The van der Waals surface area contributed by atoms with Crippen LogP contribution in [0.15, 0.2) is 36.4 Å². The molecule has 0 spiro atoms. The molecule has 1 heterocycles. The number of methoxy groups -OCH3 is 1. The predicted octanol–water partition coefficient (Wildman–Crippen LogP) is 2.65. The number of rotatable bonds is 4. The molecule has 0 aliphatic carbocycles. The van der Waals surface area contributed by atoms with Crippen molar-refractivity contribution in [1.82, 2.24) is 4.98 Å². The number of nitrogens with zero attached hydrogens (tertiary/aromatic N) is 1. The van der Waals surface area contributed by atoms with Crippen LogP contribution in [0.4, 0.5) is 0 Å². The molecular weight excluding hydrogens is 228 g/mol. The van der Waals surface area contributed by atoms with E-state index in [0.717, 1.165) is 17.0 Å². The Bertz CT molecular complexity index is 541. The molecule has 0 unspecified atom stereocenters. The Hall–Kier alpha value is -2.07. The van der Waals surface area contributed by atoms with Gasteiger partial charge in [-0.3, -0.25) is 0 Å². The van der Waals surface area contributed by atoms with Crippen LogP contribution in [0.2, 0.25) is 0 Å². The number of aromatic nitrogens is 1. The van der Waals surface area contributed by atoms with Crippen molar-refractivity contribution < 1.29 is 9.47 Å². The molecule has 94 valence electrons. The number of aryl methyl sites for hydroxylation is 1. The largest absolute Gasteiger partial charge is 0.497 e. The molecule has 0 saturated carbocycles. The maximum atomic E-state index is 5.70. The third-order valence-electron chi connectivity index (χ3n) is 2.49. The predicted molar refractivity (Wildman–Crippen MR) is 69.9 cm³/mol. The minimum absolute atomic E-state index is 0.470. The van der Waals surface area contributed by atoms with E-state index in [1.165, 1.54) is 0 Å². The van der Waals surface area contributed by atoms with Crippen LogP contribution >= 0.6 is 0 Å². The molecule has 4 heteroatoms. The monoisotopic (exact) mass is 244 g/mol. The Kier molecular flexibility index (Phi) is 3.79.